The van der Waals surface area contributed by atoms with E-state index in [1.165, 1.54) is 5.56 Å². The molecule has 0 aromatic heterocycles. The molecule has 1 aliphatic rings. The van der Waals surface area contributed by atoms with Gasteiger partial charge in [-0.3, -0.25) is 9.80 Å². The molecule has 0 aliphatic carbocycles. The molecular weight excluding hydrogens is 372 g/mol. The van der Waals surface area contributed by atoms with Crippen LogP contribution < -0.4 is 4.18 Å². The van der Waals surface area contributed by atoms with Gasteiger partial charge in [-0.05, 0) is 29.8 Å². The Bertz CT molecular complexity index is 807. The van der Waals surface area contributed by atoms with E-state index in [1.54, 1.807) is 24.3 Å². The van der Waals surface area contributed by atoms with Crippen molar-refractivity contribution in [1.29, 1.82) is 0 Å². The maximum Gasteiger partial charge on any atom is 0.310 e. The second-order valence-corrected chi connectivity index (χ2v) is 8.53. The molecule has 0 atom stereocenters. The van der Waals surface area contributed by atoms with Gasteiger partial charge in [0.15, 0.2) is 0 Å². The van der Waals surface area contributed by atoms with Crippen LogP contribution in [0.15, 0.2) is 54.6 Å². The lowest BCUT2D eigenvalue weighted by molar-refractivity contribution is 0.132. The summed E-state index contributed by atoms with van der Waals surface area (Å²) in [5.74, 6) is 0.356. The molecule has 0 N–H and O–H groups in total. The SMILES string of the molecule is O=S(=O)(CCN1CCN(Cc2cccc(Cl)c2)CC1)Oc1ccccc1. The molecule has 5 nitrogen and oxygen atoms in total. The molecule has 0 unspecified atom stereocenters. The Morgan fingerprint density at radius 2 is 1.62 bits per heavy atom. The number of rotatable bonds is 7. The first-order valence-electron chi connectivity index (χ1n) is 8.66. The standard InChI is InChI=1S/C19H23ClN2O3S/c20-18-6-4-5-17(15-18)16-22-11-9-21(10-12-22)13-14-26(23,24)25-19-7-2-1-3-8-19/h1-8,15H,9-14,16H2. The van der Waals surface area contributed by atoms with Gasteiger partial charge in [-0.2, -0.15) is 8.42 Å². The van der Waals surface area contributed by atoms with Crippen LogP contribution in [-0.2, 0) is 16.7 Å². The van der Waals surface area contributed by atoms with Crippen LogP contribution in [-0.4, -0.2) is 56.7 Å². The number of hydrogen-bond acceptors (Lipinski definition) is 5. The summed E-state index contributed by atoms with van der Waals surface area (Å²) in [6.07, 6.45) is 0. The minimum absolute atomic E-state index is 0.00378. The Morgan fingerprint density at radius 1 is 0.923 bits per heavy atom. The van der Waals surface area contributed by atoms with Crippen molar-refractivity contribution >= 4 is 21.7 Å². The van der Waals surface area contributed by atoms with Crippen molar-refractivity contribution in [3.05, 3.63) is 65.2 Å². The van der Waals surface area contributed by atoms with Crippen LogP contribution >= 0.6 is 11.6 Å². The summed E-state index contributed by atoms with van der Waals surface area (Å²) in [5, 5.41) is 0.754. The van der Waals surface area contributed by atoms with E-state index in [0.717, 1.165) is 37.7 Å². The number of halogens is 1. The Morgan fingerprint density at radius 3 is 2.31 bits per heavy atom. The molecule has 1 aliphatic heterocycles. The minimum atomic E-state index is -3.57. The topological polar surface area (TPSA) is 49.9 Å². The fourth-order valence-corrected chi connectivity index (χ4v) is 4.15. The lowest BCUT2D eigenvalue weighted by atomic mass is 10.2. The highest BCUT2D eigenvalue weighted by Gasteiger charge is 2.20. The molecule has 3 rings (SSSR count). The number of piperazine rings is 1. The molecule has 140 valence electrons. The smallest absolute Gasteiger partial charge is 0.310 e. The molecule has 7 heteroatoms. The molecule has 2 aromatic rings. The van der Waals surface area contributed by atoms with Gasteiger partial charge in [-0.1, -0.05) is 41.9 Å². The summed E-state index contributed by atoms with van der Waals surface area (Å²) in [4.78, 5) is 4.53. The Labute approximate surface area is 160 Å². The third-order valence-corrected chi connectivity index (χ3v) is 5.75. The van der Waals surface area contributed by atoms with E-state index in [2.05, 4.69) is 15.9 Å². The van der Waals surface area contributed by atoms with E-state index in [-0.39, 0.29) is 5.75 Å². The van der Waals surface area contributed by atoms with Crippen LogP contribution in [0.25, 0.3) is 0 Å². The molecule has 0 saturated carbocycles. The van der Waals surface area contributed by atoms with Gasteiger partial charge in [-0.25, -0.2) is 0 Å². The third-order valence-electron chi connectivity index (χ3n) is 4.38. The maximum atomic E-state index is 12.1. The monoisotopic (exact) mass is 394 g/mol. The highest BCUT2D eigenvalue weighted by atomic mass is 35.5. The fourth-order valence-electron chi connectivity index (χ4n) is 2.97. The summed E-state index contributed by atoms with van der Waals surface area (Å²) >= 11 is 6.03. The first kappa shape index (κ1) is 19.2. The first-order valence-corrected chi connectivity index (χ1v) is 10.6. The molecular formula is C19H23ClN2O3S. The summed E-state index contributed by atoms with van der Waals surface area (Å²) in [7, 11) is -3.57. The lowest BCUT2D eigenvalue weighted by Crippen LogP contribution is -2.47. The Hall–Kier alpha value is -1.60. The quantitative estimate of drug-likeness (QED) is 0.676. The normalized spacial score (nSPS) is 16.5. The summed E-state index contributed by atoms with van der Waals surface area (Å²) < 4.78 is 29.3. The van der Waals surface area contributed by atoms with E-state index in [4.69, 9.17) is 15.8 Å². The highest BCUT2D eigenvalue weighted by Crippen LogP contribution is 2.15. The number of para-hydroxylation sites is 1. The van der Waals surface area contributed by atoms with Crippen LogP contribution in [0.1, 0.15) is 5.56 Å². The Kier molecular flexibility index (Phi) is 6.53. The van der Waals surface area contributed by atoms with Crippen molar-refractivity contribution < 1.29 is 12.6 Å². The van der Waals surface area contributed by atoms with Crippen LogP contribution in [0.4, 0.5) is 0 Å². The van der Waals surface area contributed by atoms with Gasteiger partial charge in [0, 0.05) is 44.3 Å². The van der Waals surface area contributed by atoms with E-state index < -0.39 is 10.1 Å². The van der Waals surface area contributed by atoms with Gasteiger partial charge in [0.1, 0.15) is 5.75 Å². The zero-order chi connectivity index (χ0) is 18.4. The van der Waals surface area contributed by atoms with E-state index in [0.29, 0.717) is 12.3 Å². The van der Waals surface area contributed by atoms with Crippen molar-refractivity contribution in [3.63, 3.8) is 0 Å². The molecule has 0 amide bonds. The number of hydrogen-bond donors (Lipinski definition) is 0. The van der Waals surface area contributed by atoms with E-state index >= 15 is 0 Å². The Balaban J connectivity index is 1.42. The molecule has 0 bridgehead atoms. The lowest BCUT2D eigenvalue weighted by Gasteiger charge is -2.34. The van der Waals surface area contributed by atoms with Crippen molar-refractivity contribution in [2.75, 3.05) is 38.5 Å². The minimum Gasteiger partial charge on any atom is -0.382 e. The van der Waals surface area contributed by atoms with Crippen LogP contribution in [0, 0.1) is 0 Å². The summed E-state index contributed by atoms with van der Waals surface area (Å²) in [6.45, 7) is 4.87. The van der Waals surface area contributed by atoms with Gasteiger partial charge in [0.25, 0.3) is 0 Å². The predicted octanol–water partition coefficient (Wildman–Crippen LogP) is 2.87. The van der Waals surface area contributed by atoms with Gasteiger partial charge in [-0.15, -0.1) is 0 Å². The first-order chi connectivity index (χ1) is 12.5. The third kappa shape index (κ3) is 5.99. The average molecular weight is 395 g/mol. The van der Waals surface area contributed by atoms with Gasteiger partial charge >= 0.3 is 10.1 Å². The molecule has 26 heavy (non-hydrogen) atoms. The van der Waals surface area contributed by atoms with E-state index in [1.807, 2.05) is 24.3 Å². The average Bonchev–Trinajstić information content (AvgIpc) is 2.62. The second-order valence-electron chi connectivity index (χ2n) is 6.41. The van der Waals surface area contributed by atoms with Crippen LogP contribution in [0.3, 0.4) is 0 Å². The zero-order valence-electron chi connectivity index (χ0n) is 14.6. The molecule has 1 heterocycles. The van der Waals surface area contributed by atoms with Crippen LogP contribution in [0.2, 0.25) is 5.02 Å². The number of nitrogens with zero attached hydrogens (tertiary/aromatic N) is 2. The fraction of sp³-hybridized carbons (Fsp3) is 0.368. The van der Waals surface area contributed by atoms with Crippen molar-refractivity contribution in [3.8, 4) is 5.75 Å². The van der Waals surface area contributed by atoms with Crippen molar-refractivity contribution in [1.82, 2.24) is 9.80 Å². The molecule has 2 aromatic carbocycles. The molecule has 0 spiro atoms. The van der Waals surface area contributed by atoms with E-state index in [9.17, 15) is 8.42 Å². The zero-order valence-corrected chi connectivity index (χ0v) is 16.1. The molecule has 1 fully saturated rings. The van der Waals surface area contributed by atoms with Gasteiger partial charge in [0.2, 0.25) is 0 Å². The van der Waals surface area contributed by atoms with Crippen molar-refractivity contribution in [2.24, 2.45) is 0 Å². The van der Waals surface area contributed by atoms with Crippen molar-refractivity contribution in [2.45, 2.75) is 6.54 Å². The van der Waals surface area contributed by atoms with Gasteiger partial charge < -0.3 is 4.18 Å². The highest BCUT2D eigenvalue weighted by molar-refractivity contribution is 7.87. The molecule has 0 radical (unpaired) electrons. The largest absolute Gasteiger partial charge is 0.382 e. The molecule has 1 saturated heterocycles. The maximum absolute atomic E-state index is 12.1. The number of benzene rings is 2. The summed E-state index contributed by atoms with van der Waals surface area (Å²) in [6, 6.07) is 16.5. The van der Waals surface area contributed by atoms with Crippen LogP contribution in [0.5, 0.6) is 5.75 Å². The second kappa shape index (κ2) is 8.86. The predicted molar refractivity (Wildman–Crippen MR) is 104 cm³/mol. The summed E-state index contributed by atoms with van der Waals surface area (Å²) in [5.41, 5.74) is 1.20. The van der Waals surface area contributed by atoms with Gasteiger partial charge in [0.05, 0.1) is 5.75 Å².